The largest absolute Gasteiger partial charge is 0.497 e. The van der Waals surface area contributed by atoms with Crippen molar-refractivity contribution in [3.63, 3.8) is 0 Å². The van der Waals surface area contributed by atoms with Crippen LogP contribution in [0.1, 0.15) is 49.1 Å². The molecule has 204 valence electrons. The Bertz CT molecular complexity index is 1110. The van der Waals surface area contributed by atoms with Crippen LogP contribution in [-0.4, -0.2) is 67.4 Å². The Balaban J connectivity index is 0.00000294. The van der Waals surface area contributed by atoms with Gasteiger partial charge in [0.05, 0.1) is 13.2 Å². The first-order valence-electron chi connectivity index (χ1n) is 14.0. The van der Waals surface area contributed by atoms with Gasteiger partial charge in [0.2, 0.25) is 5.91 Å². The molecule has 6 rings (SSSR count). The van der Waals surface area contributed by atoms with Crippen molar-refractivity contribution in [2.45, 2.75) is 50.6 Å². The molecule has 3 atom stereocenters. The number of ether oxygens (including phenoxy) is 1. The maximum atomic E-state index is 13.7. The number of nitrogens with zero attached hydrogens (tertiary/aromatic N) is 2. The van der Waals surface area contributed by atoms with Gasteiger partial charge in [0.25, 0.3) is 0 Å². The Kier molecular flexibility index (Phi) is 8.13. The van der Waals surface area contributed by atoms with Gasteiger partial charge in [-0.2, -0.15) is 0 Å². The van der Waals surface area contributed by atoms with E-state index in [2.05, 4.69) is 40.5 Å². The summed E-state index contributed by atoms with van der Waals surface area (Å²) in [5.74, 6) is 2.50. The molecular formula is C31H40ClN3O3. The summed E-state index contributed by atoms with van der Waals surface area (Å²) in [6.45, 7) is 5.14. The van der Waals surface area contributed by atoms with Crippen LogP contribution in [0.5, 0.6) is 5.75 Å². The fraction of sp³-hybridized carbons (Fsp3) is 0.548. The van der Waals surface area contributed by atoms with E-state index in [1.807, 2.05) is 29.2 Å². The molecular weight excluding hydrogens is 498 g/mol. The highest BCUT2D eigenvalue weighted by Crippen LogP contribution is 2.45. The Morgan fingerprint density at radius 3 is 2.42 bits per heavy atom. The molecule has 0 radical (unpaired) electrons. The molecule has 3 saturated heterocycles. The predicted molar refractivity (Wildman–Crippen MR) is 151 cm³/mol. The van der Waals surface area contributed by atoms with Crippen molar-refractivity contribution in [2.24, 2.45) is 17.3 Å². The Labute approximate surface area is 232 Å². The van der Waals surface area contributed by atoms with Crippen molar-refractivity contribution >= 4 is 24.1 Å². The lowest BCUT2D eigenvalue weighted by atomic mass is 9.75. The number of hydrogen-bond acceptors (Lipinski definition) is 5. The summed E-state index contributed by atoms with van der Waals surface area (Å²) in [6.07, 6.45) is 4.72. The van der Waals surface area contributed by atoms with E-state index in [9.17, 15) is 9.59 Å². The number of hydrogen-bond donors (Lipinski definition) is 1. The number of ketones is 1. The fourth-order valence-corrected chi connectivity index (χ4v) is 7.06. The zero-order chi connectivity index (χ0) is 25.4. The highest BCUT2D eigenvalue weighted by Gasteiger charge is 2.50. The minimum absolute atomic E-state index is 0. The highest BCUT2D eigenvalue weighted by molar-refractivity contribution is 5.89. The van der Waals surface area contributed by atoms with E-state index in [1.165, 1.54) is 5.56 Å². The molecule has 1 unspecified atom stereocenters. The van der Waals surface area contributed by atoms with Crippen LogP contribution in [0, 0.1) is 17.3 Å². The molecule has 0 aromatic heterocycles. The molecule has 4 aliphatic rings. The number of carbonyl (C=O) groups excluding carboxylic acids is 2. The van der Waals surface area contributed by atoms with Gasteiger partial charge in [-0.05, 0) is 67.4 Å². The molecule has 6 nitrogen and oxygen atoms in total. The molecule has 1 spiro atoms. The Morgan fingerprint density at radius 2 is 1.76 bits per heavy atom. The van der Waals surface area contributed by atoms with Gasteiger partial charge in [-0.3, -0.25) is 14.5 Å². The molecule has 2 aromatic carbocycles. The zero-order valence-corrected chi connectivity index (χ0v) is 23.1. The predicted octanol–water partition coefficient (Wildman–Crippen LogP) is 4.28. The van der Waals surface area contributed by atoms with Gasteiger partial charge in [-0.25, -0.2) is 0 Å². The number of amides is 1. The normalized spacial score (nSPS) is 25.8. The first kappa shape index (κ1) is 27.2. The molecule has 1 saturated carbocycles. The molecule has 2 aromatic rings. The van der Waals surface area contributed by atoms with Crippen molar-refractivity contribution in [1.82, 2.24) is 15.1 Å². The second-order valence-electron chi connectivity index (χ2n) is 11.8. The standard InChI is InChI=1S/C31H39N3O3.ClH/c1-37-25-11-7-22(8-12-25)20-34-21-31(17-28(34)35)13-15-33(16-14-31)29(30(36)24-9-10-24)27-19-32-18-26(27)23-5-3-2-4-6-23;/h2-8,11-12,24,26-27,29,32H,9-10,13-21H2,1H3;1H/t26-,27-,29?;/m1./s1. The van der Waals surface area contributed by atoms with Crippen LogP contribution in [0.4, 0.5) is 0 Å². The number of nitrogens with one attached hydrogen (secondary N) is 1. The van der Waals surface area contributed by atoms with E-state index in [1.54, 1.807) is 7.11 Å². The minimum atomic E-state index is -0.0161. The number of halogens is 1. The summed E-state index contributed by atoms with van der Waals surface area (Å²) >= 11 is 0. The van der Waals surface area contributed by atoms with E-state index in [-0.39, 0.29) is 35.7 Å². The fourth-order valence-electron chi connectivity index (χ4n) is 7.06. The third-order valence-electron chi connectivity index (χ3n) is 9.36. The number of Topliss-reactive ketones (excluding diaryl/α,β-unsaturated/α-hetero) is 1. The van der Waals surface area contributed by atoms with Crippen molar-refractivity contribution < 1.29 is 14.3 Å². The zero-order valence-electron chi connectivity index (χ0n) is 22.3. The number of piperidine rings is 1. The Hall–Kier alpha value is -2.41. The van der Waals surface area contributed by atoms with Gasteiger partial charge in [0, 0.05) is 50.4 Å². The number of benzene rings is 2. The third kappa shape index (κ3) is 5.49. The molecule has 0 bridgehead atoms. The lowest BCUT2D eigenvalue weighted by molar-refractivity contribution is -0.130. The molecule has 7 heteroatoms. The number of carbonyl (C=O) groups is 2. The lowest BCUT2D eigenvalue weighted by Crippen LogP contribution is -2.53. The van der Waals surface area contributed by atoms with Crippen LogP contribution in [0.3, 0.4) is 0 Å². The van der Waals surface area contributed by atoms with Crippen molar-refractivity contribution in [3.05, 3.63) is 65.7 Å². The van der Waals surface area contributed by atoms with Crippen LogP contribution >= 0.6 is 12.4 Å². The van der Waals surface area contributed by atoms with Crippen LogP contribution in [0.2, 0.25) is 0 Å². The maximum Gasteiger partial charge on any atom is 0.223 e. The first-order chi connectivity index (χ1) is 18.0. The van der Waals surface area contributed by atoms with Crippen LogP contribution in [0.25, 0.3) is 0 Å². The average molecular weight is 538 g/mol. The summed E-state index contributed by atoms with van der Waals surface area (Å²) in [4.78, 5) is 31.3. The molecule has 1 aliphatic carbocycles. The third-order valence-corrected chi connectivity index (χ3v) is 9.36. The van der Waals surface area contributed by atoms with E-state index in [4.69, 9.17) is 4.74 Å². The van der Waals surface area contributed by atoms with Gasteiger partial charge in [0.15, 0.2) is 5.78 Å². The van der Waals surface area contributed by atoms with Crippen LogP contribution < -0.4 is 10.1 Å². The second kappa shape index (κ2) is 11.4. The molecule has 4 fully saturated rings. The first-order valence-corrected chi connectivity index (χ1v) is 14.0. The summed E-state index contributed by atoms with van der Waals surface area (Å²) in [5, 5.41) is 3.61. The molecule has 3 aliphatic heterocycles. The molecule has 3 heterocycles. The van der Waals surface area contributed by atoms with E-state index < -0.39 is 0 Å². The van der Waals surface area contributed by atoms with E-state index in [0.717, 1.165) is 69.7 Å². The summed E-state index contributed by atoms with van der Waals surface area (Å²) in [5.41, 5.74) is 2.52. The van der Waals surface area contributed by atoms with Gasteiger partial charge in [-0.1, -0.05) is 42.5 Å². The topological polar surface area (TPSA) is 61.9 Å². The minimum Gasteiger partial charge on any atom is -0.497 e. The lowest BCUT2D eigenvalue weighted by Gasteiger charge is -2.44. The summed E-state index contributed by atoms with van der Waals surface area (Å²) in [7, 11) is 1.67. The summed E-state index contributed by atoms with van der Waals surface area (Å²) < 4.78 is 5.27. The number of rotatable bonds is 8. The number of methoxy groups -OCH3 is 1. The van der Waals surface area contributed by atoms with Crippen molar-refractivity contribution in [3.8, 4) is 5.75 Å². The average Bonchev–Trinajstić information content (AvgIpc) is 3.60. The molecule has 1 amide bonds. The van der Waals surface area contributed by atoms with E-state index in [0.29, 0.717) is 30.6 Å². The van der Waals surface area contributed by atoms with Crippen LogP contribution in [-0.2, 0) is 16.1 Å². The quantitative estimate of drug-likeness (QED) is 0.544. The van der Waals surface area contributed by atoms with Gasteiger partial charge < -0.3 is 15.0 Å². The highest BCUT2D eigenvalue weighted by atomic mass is 35.5. The smallest absolute Gasteiger partial charge is 0.223 e. The SMILES string of the molecule is COc1ccc(CN2CC3(CCN(C(C(=O)C4CC4)[C@@H]4CNC[C@@H]4c4ccccc4)CC3)CC2=O)cc1.Cl. The molecule has 38 heavy (non-hydrogen) atoms. The van der Waals surface area contributed by atoms with Gasteiger partial charge in [-0.15, -0.1) is 12.4 Å². The van der Waals surface area contributed by atoms with Crippen molar-refractivity contribution in [2.75, 3.05) is 39.8 Å². The van der Waals surface area contributed by atoms with Crippen LogP contribution in [0.15, 0.2) is 54.6 Å². The van der Waals surface area contributed by atoms with E-state index >= 15 is 0 Å². The summed E-state index contributed by atoms with van der Waals surface area (Å²) in [6, 6.07) is 18.7. The monoisotopic (exact) mass is 537 g/mol. The van der Waals surface area contributed by atoms with Crippen molar-refractivity contribution in [1.29, 1.82) is 0 Å². The van der Waals surface area contributed by atoms with Gasteiger partial charge >= 0.3 is 0 Å². The van der Waals surface area contributed by atoms with Gasteiger partial charge in [0.1, 0.15) is 5.75 Å². The number of likely N-dealkylation sites (tertiary alicyclic amines) is 2. The Morgan fingerprint density at radius 1 is 1.05 bits per heavy atom. The molecule has 1 N–H and O–H groups in total. The maximum absolute atomic E-state index is 13.7. The second-order valence-corrected chi connectivity index (χ2v) is 11.8.